The first kappa shape index (κ1) is 17.0. The number of carbonyl (C=O) groups is 2. The molecule has 1 unspecified atom stereocenters. The van der Waals surface area contributed by atoms with E-state index in [-0.39, 0.29) is 24.4 Å². The SMILES string of the molecule is Cc1cc(C)n(CC(=O)NC2CC(=O)N(C3CCCCCC3)C2)n1. The number of aromatic nitrogens is 2. The summed E-state index contributed by atoms with van der Waals surface area (Å²) in [5.41, 5.74) is 1.89. The van der Waals surface area contributed by atoms with Crippen LogP contribution < -0.4 is 5.32 Å². The van der Waals surface area contributed by atoms with Crippen LogP contribution in [0.25, 0.3) is 0 Å². The fourth-order valence-corrected chi connectivity index (χ4v) is 4.00. The Morgan fingerprint density at radius 1 is 1.25 bits per heavy atom. The van der Waals surface area contributed by atoms with E-state index in [2.05, 4.69) is 10.4 Å². The fraction of sp³-hybridized carbons (Fsp3) is 0.722. The number of aryl methyl sites for hydroxylation is 2. The average Bonchev–Trinajstić information content (AvgIpc) is 2.91. The summed E-state index contributed by atoms with van der Waals surface area (Å²) in [7, 11) is 0. The Kier molecular flexibility index (Phi) is 5.21. The molecule has 1 aromatic rings. The van der Waals surface area contributed by atoms with Gasteiger partial charge in [0, 0.05) is 24.7 Å². The summed E-state index contributed by atoms with van der Waals surface area (Å²) in [4.78, 5) is 26.6. The molecule has 0 radical (unpaired) electrons. The molecule has 2 fully saturated rings. The molecule has 2 amide bonds. The predicted octanol–water partition coefficient (Wildman–Crippen LogP) is 1.94. The third-order valence-electron chi connectivity index (χ3n) is 5.19. The minimum absolute atomic E-state index is 0.0646. The van der Waals surface area contributed by atoms with Gasteiger partial charge >= 0.3 is 0 Å². The molecule has 3 rings (SSSR count). The normalized spacial score (nSPS) is 22.7. The van der Waals surface area contributed by atoms with E-state index in [1.807, 2.05) is 24.8 Å². The van der Waals surface area contributed by atoms with Crippen molar-refractivity contribution in [2.24, 2.45) is 0 Å². The van der Waals surface area contributed by atoms with Crippen LogP contribution >= 0.6 is 0 Å². The fourth-order valence-electron chi connectivity index (χ4n) is 4.00. The molecule has 1 saturated heterocycles. The number of carbonyl (C=O) groups excluding carboxylic acids is 2. The number of hydrogen-bond donors (Lipinski definition) is 1. The quantitative estimate of drug-likeness (QED) is 0.857. The lowest BCUT2D eigenvalue weighted by atomic mass is 10.1. The minimum Gasteiger partial charge on any atom is -0.349 e. The van der Waals surface area contributed by atoms with Crippen molar-refractivity contribution in [2.75, 3.05) is 6.54 Å². The van der Waals surface area contributed by atoms with Crippen molar-refractivity contribution in [1.82, 2.24) is 20.0 Å². The molecule has 6 nitrogen and oxygen atoms in total. The number of hydrogen-bond acceptors (Lipinski definition) is 3. The summed E-state index contributed by atoms with van der Waals surface area (Å²) >= 11 is 0. The monoisotopic (exact) mass is 332 g/mol. The summed E-state index contributed by atoms with van der Waals surface area (Å²) < 4.78 is 1.71. The Hall–Kier alpha value is -1.85. The second-order valence-electron chi connectivity index (χ2n) is 7.24. The Bertz CT molecular complexity index is 602. The summed E-state index contributed by atoms with van der Waals surface area (Å²) in [5.74, 6) is 0.125. The van der Waals surface area contributed by atoms with E-state index >= 15 is 0 Å². The maximum atomic E-state index is 12.4. The first-order valence-electron chi connectivity index (χ1n) is 9.13. The first-order valence-corrected chi connectivity index (χ1v) is 9.13. The Labute approximate surface area is 143 Å². The van der Waals surface area contributed by atoms with Gasteiger partial charge in [-0.2, -0.15) is 5.10 Å². The topological polar surface area (TPSA) is 67.2 Å². The standard InChI is InChI=1S/C18H28N4O2/c1-13-9-14(2)22(20-13)12-17(23)19-15-10-18(24)21(11-15)16-7-5-3-4-6-8-16/h9,15-16H,3-8,10-12H2,1-2H3,(H,19,23). The van der Waals surface area contributed by atoms with Crippen LogP contribution in [0.4, 0.5) is 0 Å². The van der Waals surface area contributed by atoms with Gasteiger partial charge in [0.1, 0.15) is 6.54 Å². The number of nitrogens with one attached hydrogen (secondary N) is 1. The number of likely N-dealkylation sites (tertiary alicyclic amines) is 1. The van der Waals surface area contributed by atoms with Gasteiger partial charge in [-0.1, -0.05) is 25.7 Å². The maximum Gasteiger partial charge on any atom is 0.242 e. The molecule has 0 bridgehead atoms. The second-order valence-corrected chi connectivity index (χ2v) is 7.24. The molecule has 0 spiro atoms. The van der Waals surface area contributed by atoms with Gasteiger partial charge in [-0.05, 0) is 32.8 Å². The highest BCUT2D eigenvalue weighted by atomic mass is 16.2. The largest absolute Gasteiger partial charge is 0.349 e. The molecule has 6 heteroatoms. The minimum atomic E-state index is -0.0679. The number of amides is 2. The highest BCUT2D eigenvalue weighted by molar-refractivity contribution is 5.82. The van der Waals surface area contributed by atoms with Crippen LogP contribution in [-0.4, -0.2) is 45.1 Å². The summed E-state index contributed by atoms with van der Waals surface area (Å²) in [5, 5.41) is 7.33. The van der Waals surface area contributed by atoms with Crippen molar-refractivity contribution in [3.05, 3.63) is 17.5 Å². The lowest BCUT2D eigenvalue weighted by molar-refractivity contribution is -0.129. The maximum absolute atomic E-state index is 12.4. The van der Waals surface area contributed by atoms with E-state index < -0.39 is 0 Å². The van der Waals surface area contributed by atoms with Crippen LogP contribution in [0, 0.1) is 13.8 Å². The van der Waals surface area contributed by atoms with Gasteiger partial charge in [0.2, 0.25) is 11.8 Å². The molecular formula is C18H28N4O2. The zero-order valence-corrected chi connectivity index (χ0v) is 14.8. The average molecular weight is 332 g/mol. The van der Waals surface area contributed by atoms with Gasteiger partial charge in [-0.15, -0.1) is 0 Å². The lowest BCUT2D eigenvalue weighted by Crippen LogP contribution is -2.41. The van der Waals surface area contributed by atoms with Crippen LogP contribution in [0.1, 0.15) is 56.3 Å². The molecule has 0 aromatic carbocycles. The van der Waals surface area contributed by atoms with Gasteiger partial charge in [0.15, 0.2) is 0 Å². The first-order chi connectivity index (χ1) is 11.5. The van der Waals surface area contributed by atoms with Gasteiger partial charge in [-0.25, -0.2) is 0 Å². The van der Waals surface area contributed by atoms with Crippen molar-refractivity contribution in [1.29, 1.82) is 0 Å². The third kappa shape index (κ3) is 3.97. The third-order valence-corrected chi connectivity index (χ3v) is 5.19. The van der Waals surface area contributed by atoms with Gasteiger partial charge < -0.3 is 10.2 Å². The molecule has 1 saturated carbocycles. The van der Waals surface area contributed by atoms with Crippen LogP contribution in [-0.2, 0) is 16.1 Å². The van der Waals surface area contributed by atoms with E-state index in [4.69, 9.17) is 0 Å². The number of nitrogens with zero attached hydrogens (tertiary/aromatic N) is 3. The molecular weight excluding hydrogens is 304 g/mol. The van der Waals surface area contributed by atoms with Gasteiger partial charge in [0.25, 0.3) is 0 Å². The molecule has 1 N–H and O–H groups in total. The molecule has 1 aliphatic heterocycles. The van der Waals surface area contributed by atoms with E-state index in [1.165, 1.54) is 25.7 Å². The van der Waals surface area contributed by atoms with Crippen LogP contribution in [0.5, 0.6) is 0 Å². The van der Waals surface area contributed by atoms with E-state index in [0.29, 0.717) is 19.0 Å². The molecule has 1 aliphatic carbocycles. The van der Waals surface area contributed by atoms with Gasteiger partial charge in [0.05, 0.1) is 11.7 Å². The van der Waals surface area contributed by atoms with Crippen molar-refractivity contribution in [3.8, 4) is 0 Å². The van der Waals surface area contributed by atoms with Crippen LogP contribution in [0.15, 0.2) is 6.07 Å². The second kappa shape index (κ2) is 7.36. The summed E-state index contributed by atoms with van der Waals surface area (Å²) in [6.07, 6.45) is 7.63. The van der Waals surface area contributed by atoms with Crippen molar-refractivity contribution >= 4 is 11.8 Å². The summed E-state index contributed by atoms with van der Waals surface area (Å²) in [6, 6.07) is 2.27. The van der Waals surface area contributed by atoms with E-state index in [0.717, 1.165) is 24.2 Å². The van der Waals surface area contributed by atoms with Crippen molar-refractivity contribution in [3.63, 3.8) is 0 Å². The predicted molar refractivity (Wildman–Crippen MR) is 91.5 cm³/mol. The molecule has 2 aliphatic rings. The zero-order valence-electron chi connectivity index (χ0n) is 14.8. The zero-order chi connectivity index (χ0) is 17.1. The molecule has 132 valence electrons. The van der Waals surface area contributed by atoms with E-state index in [1.54, 1.807) is 4.68 Å². The van der Waals surface area contributed by atoms with Crippen molar-refractivity contribution in [2.45, 2.75) is 77.4 Å². The van der Waals surface area contributed by atoms with E-state index in [9.17, 15) is 9.59 Å². The lowest BCUT2D eigenvalue weighted by Gasteiger charge is -2.27. The Morgan fingerprint density at radius 2 is 1.96 bits per heavy atom. The highest BCUT2D eigenvalue weighted by Crippen LogP contribution is 2.25. The molecule has 24 heavy (non-hydrogen) atoms. The van der Waals surface area contributed by atoms with Crippen molar-refractivity contribution < 1.29 is 9.59 Å². The smallest absolute Gasteiger partial charge is 0.242 e. The molecule has 1 atom stereocenters. The van der Waals surface area contributed by atoms with Crippen LogP contribution in [0.3, 0.4) is 0 Å². The van der Waals surface area contributed by atoms with Crippen LogP contribution in [0.2, 0.25) is 0 Å². The van der Waals surface area contributed by atoms with Gasteiger partial charge in [-0.3, -0.25) is 14.3 Å². The Morgan fingerprint density at radius 3 is 2.58 bits per heavy atom. The molecule has 1 aromatic heterocycles. The highest BCUT2D eigenvalue weighted by Gasteiger charge is 2.35. The Balaban J connectivity index is 1.53. The molecule has 2 heterocycles. The number of rotatable bonds is 4. The summed E-state index contributed by atoms with van der Waals surface area (Å²) in [6.45, 7) is 4.74.